The quantitative estimate of drug-likeness (QED) is 0.567. The smallest absolute Gasteiger partial charge is 0.341 e. The molecule has 0 aliphatic heterocycles. The Labute approximate surface area is 171 Å². The fraction of sp³-hybridized carbons (Fsp3) is 0.478. The zero-order chi connectivity index (χ0) is 20.1. The fourth-order valence-corrected chi connectivity index (χ4v) is 5.09. The van der Waals surface area contributed by atoms with Crippen LogP contribution in [-0.4, -0.2) is 24.5 Å². The van der Waals surface area contributed by atoms with Gasteiger partial charge in [-0.05, 0) is 45.2 Å². The third-order valence-electron chi connectivity index (χ3n) is 5.19. The Kier molecular flexibility index (Phi) is 6.89. The molecule has 3 rings (SSSR count). The minimum absolute atomic E-state index is 0.0233. The van der Waals surface area contributed by atoms with Crippen LogP contribution in [0.1, 0.15) is 63.2 Å². The van der Waals surface area contributed by atoms with Crippen LogP contribution in [0.2, 0.25) is 0 Å². The first-order valence-electron chi connectivity index (χ1n) is 10.2. The van der Waals surface area contributed by atoms with Gasteiger partial charge in [-0.2, -0.15) is 0 Å². The minimum atomic E-state index is -0.363. The van der Waals surface area contributed by atoms with Crippen molar-refractivity contribution in [3.8, 4) is 10.4 Å². The van der Waals surface area contributed by atoms with E-state index < -0.39 is 0 Å². The van der Waals surface area contributed by atoms with E-state index in [4.69, 9.17) is 4.74 Å². The Hall–Kier alpha value is -2.14. The molecular formula is C23H29NO3S. The Bertz CT molecular complexity index is 807. The van der Waals surface area contributed by atoms with Crippen molar-refractivity contribution in [2.24, 2.45) is 5.92 Å². The molecule has 28 heavy (non-hydrogen) atoms. The highest BCUT2D eigenvalue weighted by Crippen LogP contribution is 2.40. The van der Waals surface area contributed by atoms with Crippen molar-refractivity contribution < 1.29 is 14.3 Å². The molecule has 0 radical (unpaired) electrons. The molecule has 150 valence electrons. The highest BCUT2D eigenvalue weighted by molar-refractivity contribution is 7.20. The minimum Gasteiger partial charge on any atom is -0.462 e. The molecule has 2 aromatic rings. The standard InChI is InChI=1S/C23H29NO3S/c1-4-27-23(26)19-15-20(17-11-7-5-8-12-17)28-22(19)24(16(2)3)21(25)18-13-9-6-10-14-18/h5,7-8,11-12,15-16,18H,4,6,9-10,13-14H2,1-3H3. The van der Waals surface area contributed by atoms with Crippen LogP contribution in [0.15, 0.2) is 36.4 Å². The summed E-state index contributed by atoms with van der Waals surface area (Å²) in [4.78, 5) is 28.9. The molecule has 0 N–H and O–H groups in total. The van der Waals surface area contributed by atoms with Gasteiger partial charge < -0.3 is 9.64 Å². The summed E-state index contributed by atoms with van der Waals surface area (Å²) < 4.78 is 5.30. The number of hydrogen-bond acceptors (Lipinski definition) is 4. The maximum Gasteiger partial charge on any atom is 0.341 e. The van der Waals surface area contributed by atoms with Crippen molar-refractivity contribution in [3.63, 3.8) is 0 Å². The average Bonchev–Trinajstić information content (AvgIpc) is 3.14. The molecule has 1 fully saturated rings. The molecule has 0 atom stereocenters. The van der Waals surface area contributed by atoms with Gasteiger partial charge in [-0.3, -0.25) is 4.79 Å². The van der Waals surface area contributed by atoms with Gasteiger partial charge in [0.05, 0.1) is 12.2 Å². The van der Waals surface area contributed by atoms with Crippen molar-refractivity contribution in [3.05, 3.63) is 42.0 Å². The Balaban J connectivity index is 2.03. The second-order valence-corrected chi connectivity index (χ2v) is 8.58. The van der Waals surface area contributed by atoms with Gasteiger partial charge in [0, 0.05) is 16.8 Å². The van der Waals surface area contributed by atoms with Crippen molar-refractivity contribution in [2.75, 3.05) is 11.5 Å². The molecule has 1 saturated carbocycles. The summed E-state index contributed by atoms with van der Waals surface area (Å²) >= 11 is 1.50. The third kappa shape index (κ3) is 4.46. The van der Waals surface area contributed by atoms with Gasteiger partial charge in [0.15, 0.2) is 0 Å². The van der Waals surface area contributed by atoms with Gasteiger partial charge in [-0.15, -0.1) is 11.3 Å². The average molecular weight is 400 g/mol. The first-order valence-corrected chi connectivity index (χ1v) is 11.0. The Morgan fingerprint density at radius 1 is 1.14 bits per heavy atom. The van der Waals surface area contributed by atoms with Gasteiger partial charge in [0.1, 0.15) is 5.00 Å². The molecule has 0 spiro atoms. The van der Waals surface area contributed by atoms with E-state index in [-0.39, 0.29) is 23.8 Å². The van der Waals surface area contributed by atoms with Crippen LogP contribution < -0.4 is 4.90 Å². The molecule has 0 saturated heterocycles. The lowest BCUT2D eigenvalue weighted by Gasteiger charge is -2.31. The first-order chi connectivity index (χ1) is 13.5. The summed E-state index contributed by atoms with van der Waals surface area (Å²) in [6, 6.07) is 11.8. The maximum absolute atomic E-state index is 13.4. The van der Waals surface area contributed by atoms with Crippen LogP contribution in [0.3, 0.4) is 0 Å². The number of benzene rings is 1. The lowest BCUT2D eigenvalue weighted by atomic mass is 9.88. The van der Waals surface area contributed by atoms with E-state index in [0.29, 0.717) is 17.2 Å². The number of rotatable bonds is 6. The molecule has 0 bridgehead atoms. The predicted octanol–water partition coefficient (Wildman–Crippen LogP) is 5.91. The summed E-state index contributed by atoms with van der Waals surface area (Å²) in [6.07, 6.45) is 5.29. The number of hydrogen-bond donors (Lipinski definition) is 0. The van der Waals surface area contributed by atoms with E-state index >= 15 is 0 Å². The number of carbonyl (C=O) groups excluding carboxylic acids is 2. The SMILES string of the molecule is CCOC(=O)c1cc(-c2ccccc2)sc1N(C(=O)C1CCCCC1)C(C)C. The summed E-state index contributed by atoms with van der Waals surface area (Å²) in [7, 11) is 0. The molecule has 1 aliphatic carbocycles. The van der Waals surface area contributed by atoms with Crippen LogP contribution in [-0.2, 0) is 9.53 Å². The van der Waals surface area contributed by atoms with Crippen molar-refractivity contribution in [2.45, 2.75) is 58.9 Å². The molecule has 1 amide bonds. The fourth-order valence-electron chi connectivity index (χ4n) is 3.80. The molecule has 0 unspecified atom stereocenters. The molecule has 1 heterocycles. The van der Waals surface area contributed by atoms with E-state index in [2.05, 4.69) is 0 Å². The second kappa shape index (κ2) is 9.37. The van der Waals surface area contributed by atoms with Crippen LogP contribution in [0.25, 0.3) is 10.4 Å². The highest BCUT2D eigenvalue weighted by Gasteiger charge is 2.33. The number of carbonyl (C=O) groups is 2. The summed E-state index contributed by atoms with van der Waals surface area (Å²) in [5, 5.41) is 0.711. The van der Waals surface area contributed by atoms with Gasteiger partial charge in [-0.1, -0.05) is 49.6 Å². The number of amides is 1. The lowest BCUT2D eigenvalue weighted by molar-refractivity contribution is -0.123. The maximum atomic E-state index is 13.4. The molecule has 1 aromatic carbocycles. The van der Waals surface area contributed by atoms with E-state index in [0.717, 1.165) is 36.1 Å². The summed E-state index contributed by atoms with van der Waals surface area (Å²) in [5.74, 6) is -0.173. The van der Waals surface area contributed by atoms with Crippen LogP contribution in [0.4, 0.5) is 5.00 Å². The van der Waals surface area contributed by atoms with Crippen molar-refractivity contribution in [1.29, 1.82) is 0 Å². The zero-order valence-electron chi connectivity index (χ0n) is 16.9. The number of thiophene rings is 1. The second-order valence-electron chi connectivity index (χ2n) is 7.55. The number of ether oxygens (including phenoxy) is 1. The lowest BCUT2D eigenvalue weighted by Crippen LogP contribution is -2.42. The molecule has 4 nitrogen and oxygen atoms in total. The largest absolute Gasteiger partial charge is 0.462 e. The van der Waals surface area contributed by atoms with E-state index in [1.165, 1.54) is 17.8 Å². The highest BCUT2D eigenvalue weighted by atomic mass is 32.1. The monoisotopic (exact) mass is 399 g/mol. The van der Waals surface area contributed by atoms with Crippen molar-refractivity contribution >= 4 is 28.2 Å². The number of esters is 1. The van der Waals surface area contributed by atoms with Crippen LogP contribution >= 0.6 is 11.3 Å². The van der Waals surface area contributed by atoms with Gasteiger partial charge >= 0.3 is 5.97 Å². The van der Waals surface area contributed by atoms with Crippen molar-refractivity contribution in [1.82, 2.24) is 0 Å². The Morgan fingerprint density at radius 2 is 1.82 bits per heavy atom. The molecule has 5 heteroatoms. The summed E-state index contributed by atoms with van der Waals surface area (Å²) in [5.41, 5.74) is 1.53. The Morgan fingerprint density at radius 3 is 2.43 bits per heavy atom. The van der Waals surface area contributed by atoms with Gasteiger partial charge in [0.2, 0.25) is 5.91 Å². The van der Waals surface area contributed by atoms with E-state index in [9.17, 15) is 9.59 Å². The normalized spacial score (nSPS) is 14.9. The predicted molar refractivity (Wildman–Crippen MR) is 115 cm³/mol. The van der Waals surface area contributed by atoms with Gasteiger partial charge in [0.25, 0.3) is 0 Å². The van der Waals surface area contributed by atoms with Gasteiger partial charge in [-0.25, -0.2) is 4.79 Å². The number of anilines is 1. The first kappa shape index (κ1) is 20.6. The number of nitrogens with zero attached hydrogens (tertiary/aromatic N) is 1. The van der Waals surface area contributed by atoms with Crippen LogP contribution in [0.5, 0.6) is 0 Å². The molecule has 1 aliphatic rings. The van der Waals surface area contributed by atoms with Crippen LogP contribution in [0, 0.1) is 5.92 Å². The molecular weight excluding hydrogens is 370 g/mol. The topological polar surface area (TPSA) is 46.6 Å². The zero-order valence-corrected chi connectivity index (χ0v) is 17.8. The summed E-state index contributed by atoms with van der Waals surface area (Å²) in [6.45, 7) is 6.14. The van der Waals surface area contributed by atoms with E-state index in [1.807, 2.05) is 55.1 Å². The molecule has 1 aromatic heterocycles. The van der Waals surface area contributed by atoms with E-state index in [1.54, 1.807) is 6.92 Å². The third-order valence-corrected chi connectivity index (χ3v) is 6.38.